The topological polar surface area (TPSA) is 133 Å². The minimum Gasteiger partial charge on any atom is -0.616 e. The fourth-order valence-corrected chi connectivity index (χ4v) is 14.6. The summed E-state index contributed by atoms with van der Waals surface area (Å²) in [5.41, 5.74) is 0. The van der Waals surface area contributed by atoms with E-state index in [1.54, 1.807) is 58.8 Å². The molecule has 0 aliphatic carbocycles. The molecule has 1 unspecified atom stereocenters. The van der Waals surface area contributed by atoms with E-state index in [1.165, 1.54) is 35.3 Å². The number of thioether (sulfide) groups is 11. The third kappa shape index (κ3) is 41.3. The van der Waals surface area contributed by atoms with E-state index in [1.807, 2.05) is 35.3 Å². The molecule has 47 heavy (non-hydrogen) atoms. The van der Waals surface area contributed by atoms with Crippen LogP contribution in [-0.2, 0) is 35.0 Å². The van der Waals surface area contributed by atoms with Crippen molar-refractivity contribution in [1.82, 2.24) is 0 Å². The van der Waals surface area contributed by atoms with Gasteiger partial charge in [-0.1, -0.05) is 22.9 Å². The Hall–Kier alpha value is 2.69. The first-order chi connectivity index (χ1) is 23.0. The average molecular weight is 887 g/mol. The van der Waals surface area contributed by atoms with Crippen molar-refractivity contribution in [3.8, 4) is 0 Å². The molecule has 278 valence electrons. The smallest absolute Gasteiger partial charge is 0.306 e. The summed E-state index contributed by atoms with van der Waals surface area (Å²) < 4.78 is 22.6. The Bertz CT molecular complexity index is 733. The average Bonchev–Trinajstić information content (AvgIpc) is 3.06. The lowest BCUT2D eigenvalue weighted by Crippen LogP contribution is -2.13. The van der Waals surface area contributed by atoms with Gasteiger partial charge in [0.25, 0.3) is 0 Å². The van der Waals surface area contributed by atoms with Gasteiger partial charge in [-0.05, 0) is 5.75 Å². The van der Waals surface area contributed by atoms with E-state index in [4.69, 9.17) is 19.7 Å². The number of hydrogen-bond donors (Lipinski definition) is 2. The molecule has 0 bridgehead atoms. The maximum atomic E-state index is 12.2. The van der Waals surface area contributed by atoms with Crippen molar-refractivity contribution in [2.45, 2.75) is 25.7 Å². The van der Waals surface area contributed by atoms with Crippen LogP contribution in [0.4, 0.5) is 0 Å². The summed E-state index contributed by atoms with van der Waals surface area (Å²) in [6.45, 7) is 0.833. The molecule has 0 aliphatic rings. The van der Waals surface area contributed by atoms with Crippen molar-refractivity contribution in [1.29, 1.82) is 0 Å². The molecule has 0 spiro atoms. The lowest BCUT2D eigenvalue weighted by molar-refractivity contribution is -0.143. The van der Waals surface area contributed by atoms with Crippen LogP contribution in [0.5, 0.6) is 0 Å². The van der Waals surface area contributed by atoms with Gasteiger partial charge in [-0.25, -0.2) is 0 Å². The van der Waals surface area contributed by atoms with Crippen LogP contribution < -0.4 is 0 Å². The Morgan fingerprint density at radius 3 is 1.51 bits per heavy atom. The maximum Gasteiger partial charge on any atom is 0.306 e. The van der Waals surface area contributed by atoms with Gasteiger partial charge < -0.3 is 24.2 Å². The summed E-state index contributed by atoms with van der Waals surface area (Å²) >= 11 is 17.4. The molecule has 0 aromatic rings. The van der Waals surface area contributed by atoms with Crippen molar-refractivity contribution in [2.24, 2.45) is 0 Å². The second-order valence-electron chi connectivity index (χ2n) is 8.63. The molecule has 2 N–H and O–H groups in total. The van der Waals surface area contributed by atoms with E-state index in [-0.39, 0.29) is 28.9 Å². The molecule has 0 fully saturated rings. The Balaban J connectivity index is 3.35. The Labute approximate surface area is 332 Å². The van der Waals surface area contributed by atoms with Gasteiger partial charge in [-0.3, -0.25) is 14.4 Å². The third-order valence-corrected chi connectivity index (χ3v) is 18.8. The predicted octanol–water partition coefficient (Wildman–Crippen LogP) is 6.66. The molecule has 0 saturated carbocycles. The minimum absolute atomic E-state index is 0.115. The third-order valence-electron chi connectivity index (χ3n) is 4.96. The van der Waals surface area contributed by atoms with Gasteiger partial charge in [0.05, 0.1) is 24.7 Å². The monoisotopic (exact) mass is 886 g/mol. The molecule has 1 atom stereocenters. The van der Waals surface area contributed by atoms with Crippen LogP contribution in [0.1, 0.15) is 25.7 Å². The number of esters is 2. The Morgan fingerprint density at radius 2 is 0.957 bits per heavy atom. The van der Waals surface area contributed by atoms with Gasteiger partial charge in [-0.2, -0.15) is 58.8 Å². The van der Waals surface area contributed by atoms with E-state index >= 15 is 0 Å². The maximum absolute atomic E-state index is 12.2. The van der Waals surface area contributed by atoms with Crippen LogP contribution in [0.3, 0.4) is 0 Å². The van der Waals surface area contributed by atoms with E-state index < -0.39 is 11.2 Å². The fraction of sp³-hybridized carbons (Fsp3) is 0.889. The molecule has 0 radical (unpaired) electrons. The van der Waals surface area contributed by atoms with Crippen LogP contribution in [0.25, 0.3) is 0 Å². The lowest BCUT2D eigenvalue weighted by Gasteiger charge is -2.10. The minimum atomic E-state index is -0.775. The van der Waals surface area contributed by atoms with Crippen LogP contribution in [0.15, 0.2) is 0 Å². The van der Waals surface area contributed by atoms with Crippen molar-refractivity contribution < 1.29 is 38.6 Å². The fourth-order valence-electron chi connectivity index (χ4n) is 2.74. The molecule has 8 nitrogen and oxygen atoms in total. The second kappa shape index (κ2) is 41.4. The first kappa shape index (κ1) is 49.7. The Kier molecular flexibility index (Phi) is 43.8. The number of aliphatic hydroxyl groups excluding tert-OH is 2. The van der Waals surface area contributed by atoms with Gasteiger partial charge in [0.1, 0.15) is 24.7 Å². The van der Waals surface area contributed by atoms with Gasteiger partial charge >= 0.3 is 11.9 Å². The molecule has 0 aromatic carbocycles. The summed E-state index contributed by atoms with van der Waals surface area (Å²) in [6, 6.07) is 0. The van der Waals surface area contributed by atoms with Crippen molar-refractivity contribution in [3.05, 3.63) is 0 Å². The van der Waals surface area contributed by atoms with E-state index in [0.717, 1.165) is 95.1 Å². The van der Waals surface area contributed by atoms with Crippen LogP contribution in [0.2, 0.25) is 0 Å². The van der Waals surface area contributed by atoms with Crippen molar-refractivity contribution in [2.75, 3.05) is 114 Å². The first-order valence-electron chi connectivity index (χ1n) is 14.8. The number of aliphatic hydroxyl groups is 2. The zero-order chi connectivity index (χ0) is 34.5. The molecule has 0 amide bonds. The molecular weight excluding hydrogens is 837 g/mol. The Morgan fingerprint density at radius 1 is 0.511 bits per heavy atom. The quantitative estimate of drug-likeness (QED) is 0.0298. The van der Waals surface area contributed by atoms with Gasteiger partial charge in [0.15, 0.2) is 5.12 Å². The summed E-state index contributed by atoms with van der Waals surface area (Å²) in [4.78, 5) is 35.4. The summed E-state index contributed by atoms with van der Waals surface area (Å²) in [5.74, 6) is 8.79. The molecule has 20 heteroatoms. The van der Waals surface area contributed by atoms with Gasteiger partial charge in [0.2, 0.25) is 0 Å². The van der Waals surface area contributed by atoms with E-state index in [2.05, 4.69) is 0 Å². The van der Waals surface area contributed by atoms with Crippen LogP contribution in [0, 0.1) is 0 Å². The highest BCUT2D eigenvalue weighted by Crippen LogP contribution is 2.19. The van der Waals surface area contributed by atoms with E-state index in [9.17, 15) is 18.9 Å². The number of hydrogen-bond acceptors (Lipinski definition) is 19. The zero-order valence-electron chi connectivity index (χ0n) is 26.7. The predicted molar refractivity (Wildman–Crippen MR) is 229 cm³/mol. The summed E-state index contributed by atoms with van der Waals surface area (Å²) in [7, 11) is 0. The van der Waals surface area contributed by atoms with Gasteiger partial charge in [0, 0.05) is 84.3 Å². The number of carbonyl (C=O) groups is 3. The van der Waals surface area contributed by atoms with Crippen molar-refractivity contribution in [3.63, 3.8) is 0 Å². The van der Waals surface area contributed by atoms with Crippen molar-refractivity contribution >= 4 is 158 Å². The second-order valence-corrected chi connectivity index (χ2v) is 24.1. The molecule has 0 saturated heterocycles. The summed E-state index contributed by atoms with van der Waals surface area (Å²) in [6.07, 6.45) is 2.34. The molecule has 0 aliphatic heterocycles. The zero-order valence-corrected chi connectivity index (χ0v) is 36.5. The molecular formula is C27H50O8S12. The normalized spacial score (nSPS) is 11.9. The number of ether oxygens (including phenoxy) is 2. The highest BCUT2D eigenvalue weighted by Gasteiger charge is 2.08. The van der Waals surface area contributed by atoms with E-state index in [0.29, 0.717) is 32.5 Å². The first-order valence-corrected chi connectivity index (χ1v) is 28.8. The summed E-state index contributed by atoms with van der Waals surface area (Å²) in [5, 5.41) is 22.0. The molecule has 0 heterocycles. The van der Waals surface area contributed by atoms with Gasteiger partial charge in [-0.15, -0.1) is 58.8 Å². The molecule has 0 aromatic heterocycles. The lowest BCUT2D eigenvalue weighted by atomic mass is 10.5. The number of carbonyl (C=O) groups excluding carboxylic acids is 3. The SMILES string of the molecule is O=C(CCSCSCCC[S+]([O-])CCSCSCCSC(=O)CCSCSCCC(=O)OCCSCSCO)OCCSCSCO. The molecule has 0 rings (SSSR count). The highest BCUT2D eigenvalue weighted by atomic mass is 32.2. The standard InChI is InChI=1S/C27H50O8S12/c28-18-44-23-40-11-5-34-25(30)2-8-37-20-36-7-1-16-47(33)17-15-43-22-42-13-14-46-27(32)4-10-39-21-38-9-3-26(31)35-6-12-41-24-45-19-29/h28-29H,1-24H2. The van der Waals surface area contributed by atoms with Crippen LogP contribution >= 0.6 is 129 Å². The number of rotatable bonds is 37. The largest absolute Gasteiger partial charge is 0.616 e. The van der Waals surface area contributed by atoms with Crippen LogP contribution in [-0.4, -0.2) is 146 Å². The highest BCUT2D eigenvalue weighted by molar-refractivity contribution is 8.18.